The van der Waals surface area contributed by atoms with E-state index in [9.17, 15) is 8.42 Å². The van der Waals surface area contributed by atoms with Gasteiger partial charge in [-0.25, -0.2) is 8.42 Å². The Balaban J connectivity index is 2.59. The number of nitrogens with one attached hydrogen (secondary N) is 1. The average molecular weight is 208 g/mol. The molecule has 1 unspecified atom stereocenters. The van der Waals surface area contributed by atoms with Crippen LogP contribution in [-0.2, 0) is 9.84 Å². The van der Waals surface area contributed by atoms with Crippen LogP contribution in [0.1, 0.15) is 0 Å². The minimum Gasteiger partial charge on any atom is -0.368 e. The number of anilines is 1. The van der Waals surface area contributed by atoms with Gasteiger partial charge in [-0.05, 0) is 12.1 Å². The zero-order valence-corrected chi connectivity index (χ0v) is 8.08. The first-order valence-electron chi connectivity index (χ1n) is 4.11. The van der Waals surface area contributed by atoms with Crippen LogP contribution in [0.5, 0.6) is 0 Å². The van der Waals surface area contributed by atoms with Crippen molar-refractivity contribution in [3.8, 4) is 6.07 Å². The molecule has 1 aliphatic rings. The fourth-order valence-corrected chi connectivity index (χ4v) is 2.99. The van der Waals surface area contributed by atoms with Crippen LogP contribution in [0.3, 0.4) is 0 Å². The van der Waals surface area contributed by atoms with E-state index in [-0.39, 0.29) is 10.6 Å². The molecule has 1 N–H and O–H groups in total. The Hall–Kier alpha value is -1.54. The molecular formula is C9H8N2O2S. The van der Waals surface area contributed by atoms with Crippen molar-refractivity contribution in [3.05, 3.63) is 24.3 Å². The minimum atomic E-state index is -3.29. The van der Waals surface area contributed by atoms with Crippen LogP contribution in [0.2, 0.25) is 0 Å². The molecule has 0 radical (unpaired) electrons. The average Bonchev–Trinajstić information content (AvgIpc) is 2.17. The molecule has 0 aromatic heterocycles. The second-order valence-electron chi connectivity index (χ2n) is 3.10. The van der Waals surface area contributed by atoms with Gasteiger partial charge >= 0.3 is 0 Å². The molecule has 1 aliphatic heterocycles. The Labute approximate surface area is 82.1 Å². The molecule has 1 aromatic rings. The maximum atomic E-state index is 11.7. The van der Waals surface area contributed by atoms with Crippen LogP contribution in [0, 0.1) is 11.3 Å². The van der Waals surface area contributed by atoms with Crippen molar-refractivity contribution >= 4 is 15.5 Å². The summed E-state index contributed by atoms with van der Waals surface area (Å²) >= 11 is 0. The number of fused-ring (bicyclic) bond motifs is 1. The summed E-state index contributed by atoms with van der Waals surface area (Å²) in [7, 11) is -3.29. The highest BCUT2D eigenvalue weighted by Crippen LogP contribution is 2.27. The molecule has 0 bridgehead atoms. The third-order valence-electron chi connectivity index (χ3n) is 2.09. The lowest BCUT2D eigenvalue weighted by molar-refractivity contribution is 0.591. The number of hydrogen-bond acceptors (Lipinski definition) is 4. The van der Waals surface area contributed by atoms with Crippen LogP contribution in [0.15, 0.2) is 29.2 Å². The SMILES string of the molecule is N#CC1CS(=O)(=O)c2ccccc2N1. The molecule has 1 atom stereocenters. The molecule has 5 heteroatoms. The maximum Gasteiger partial charge on any atom is 0.183 e. The second-order valence-corrected chi connectivity index (χ2v) is 5.11. The number of benzene rings is 1. The van der Waals surface area contributed by atoms with E-state index in [2.05, 4.69) is 5.32 Å². The van der Waals surface area contributed by atoms with Gasteiger partial charge in [-0.1, -0.05) is 12.1 Å². The standard InChI is InChI=1S/C9H8N2O2S/c10-5-7-6-14(12,13)9-4-2-1-3-8(9)11-7/h1-4,7,11H,6H2. The van der Waals surface area contributed by atoms with Crippen molar-refractivity contribution in [1.29, 1.82) is 5.26 Å². The molecule has 0 saturated carbocycles. The summed E-state index contributed by atoms with van der Waals surface area (Å²) in [6.45, 7) is 0. The van der Waals surface area contributed by atoms with Crippen molar-refractivity contribution < 1.29 is 8.42 Å². The van der Waals surface area contributed by atoms with Gasteiger partial charge in [-0.15, -0.1) is 0 Å². The number of hydrogen-bond donors (Lipinski definition) is 1. The van der Waals surface area contributed by atoms with E-state index in [1.165, 1.54) is 0 Å². The van der Waals surface area contributed by atoms with Gasteiger partial charge in [0.15, 0.2) is 9.84 Å². The van der Waals surface area contributed by atoms with Gasteiger partial charge in [0.1, 0.15) is 6.04 Å². The van der Waals surface area contributed by atoms with Gasteiger partial charge in [-0.2, -0.15) is 5.26 Å². The third-order valence-corrected chi connectivity index (χ3v) is 3.89. The molecule has 1 aromatic carbocycles. The zero-order chi connectivity index (χ0) is 10.2. The number of nitrogens with zero attached hydrogens (tertiary/aromatic N) is 1. The highest BCUT2D eigenvalue weighted by atomic mass is 32.2. The lowest BCUT2D eigenvalue weighted by Crippen LogP contribution is -2.32. The smallest absolute Gasteiger partial charge is 0.183 e. The number of para-hydroxylation sites is 1. The molecule has 2 rings (SSSR count). The van der Waals surface area contributed by atoms with Crippen molar-refractivity contribution in [1.82, 2.24) is 0 Å². The van der Waals surface area contributed by atoms with Crippen molar-refractivity contribution in [2.75, 3.05) is 11.1 Å². The van der Waals surface area contributed by atoms with Gasteiger partial charge in [0, 0.05) is 0 Å². The van der Waals surface area contributed by atoms with E-state index < -0.39 is 15.9 Å². The van der Waals surface area contributed by atoms with E-state index in [0.29, 0.717) is 5.69 Å². The summed E-state index contributed by atoms with van der Waals surface area (Å²) in [6.07, 6.45) is 0. The van der Waals surface area contributed by atoms with Gasteiger partial charge in [0.25, 0.3) is 0 Å². The molecule has 0 aliphatic carbocycles. The van der Waals surface area contributed by atoms with Crippen molar-refractivity contribution in [3.63, 3.8) is 0 Å². The molecule has 1 heterocycles. The van der Waals surface area contributed by atoms with Gasteiger partial charge < -0.3 is 5.32 Å². The highest BCUT2D eigenvalue weighted by molar-refractivity contribution is 7.91. The molecule has 14 heavy (non-hydrogen) atoms. The molecular weight excluding hydrogens is 200 g/mol. The van der Waals surface area contributed by atoms with E-state index in [1.54, 1.807) is 24.3 Å². The predicted octanol–water partition coefficient (Wildman–Crippen LogP) is 0.778. The summed E-state index contributed by atoms with van der Waals surface area (Å²) < 4.78 is 23.3. The first-order valence-corrected chi connectivity index (χ1v) is 5.76. The lowest BCUT2D eigenvalue weighted by atomic mass is 10.2. The van der Waals surface area contributed by atoms with Crippen LogP contribution >= 0.6 is 0 Å². The maximum absolute atomic E-state index is 11.7. The fourth-order valence-electron chi connectivity index (χ4n) is 1.47. The van der Waals surface area contributed by atoms with Crippen LogP contribution in [0.25, 0.3) is 0 Å². The predicted molar refractivity (Wildman–Crippen MR) is 51.5 cm³/mol. The van der Waals surface area contributed by atoms with Gasteiger partial charge in [0.2, 0.25) is 0 Å². The summed E-state index contributed by atoms with van der Waals surface area (Å²) in [5, 5.41) is 11.5. The lowest BCUT2D eigenvalue weighted by Gasteiger charge is -2.21. The Morgan fingerprint density at radius 2 is 2.14 bits per heavy atom. The molecule has 0 saturated heterocycles. The first-order chi connectivity index (χ1) is 6.63. The van der Waals surface area contributed by atoms with E-state index in [4.69, 9.17) is 5.26 Å². The highest BCUT2D eigenvalue weighted by Gasteiger charge is 2.29. The zero-order valence-electron chi connectivity index (χ0n) is 7.27. The Morgan fingerprint density at radius 3 is 2.86 bits per heavy atom. The van der Waals surface area contributed by atoms with Crippen molar-refractivity contribution in [2.45, 2.75) is 10.9 Å². The topological polar surface area (TPSA) is 70.0 Å². The van der Waals surface area contributed by atoms with E-state index in [0.717, 1.165) is 0 Å². The Kier molecular flexibility index (Phi) is 1.93. The normalized spacial score (nSPS) is 22.9. The Bertz CT molecular complexity index is 502. The third kappa shape index (κ3) is 1.34. The number of rotatable bonds is 0. The van der Waals surface area contributed by atoms with Crippen LogP contribution in [0.4, 0.5) is 5.69 Å². The van der Waals surface area contributed by atoms with Crippen molar-refractivity contribution in [2.24, 2.45) is 0 Å². The molecule has 72 valence electrons. The van der Waals surface area contributed by atoms with Crippen LogP contribution < -0.4 is 5.32 Å². The second kappa shape index (κ2) is 3.00. The van der Waals surface area contributed by atoms with E-state index in [1.807, 2.05) is 6.07 Å². The molecule has 0 amide bonds. The number of sulfone groups is 1. The van der Waals surface area contributed by atoms with Gasteiger partial charge in [0.05, 0.1) is 22.4 Å². The minimum absolute atomic E-state index is 0.152. The van der Waals surface area contributed by atoms with Gasteiger partial charge in [-0.3, -0.25) is 0 Å². The largest absolute Gasteiger partial charge is 0.368 e. The summed E-state index contributed by atoms with van der Waals surface area (Å²) in [5.41, 5.74) is 0.519. The first kappa shape index (κ1) is 9.03. The van der Waals surface area contributed by atoms with E-state index >= 15 is 0 Å². The molecule has 0 fully saturated rings. The molecule has 0 spiro atoms. The monoisotopic (exact) mass is 208 g/mol. The summed E-state index contributed by atoms with van der Waals surface area (Å²) in [4.78, 5) is 0.284. The Morgan fingerprint density at radius 1 is 1.43 bits per heavy atom. The summed E-state index contributed by atoms with van der Waals surface area (Å²) in [6, 6.07) is 7.89. The van der Waals surface area contributed by atoms with Crippen LogP contribution in [-0.4, -0.2) is 20.2 Å². The fraction of sp³-hybridized carbons (Fsp3) is 0.222. The summed E-state index contributed by atoms with van der Waals surface area (Å²) in [5.74, 6) is -0.152. The number of nitriles is 1. The molecule has 4 nitrogen and oxygen atoms in total. The quantitative estimate of drug-likeness (QED) is 0.684.